The zero-order valence-electron chi connectivity index (χ0n) is 10.0. The van der Waals surface area contributed by atoms with Gasteiger partial charge in [-0.1, -0.05) is 6.92 Å². The highest BCUT2D eigenvalue weighted by Gasteiger charge is 2.24. The minimum atomic E-state index is -0.512. The zero-order chi connectivity index (χ0) is 12.0. The summed E-state index contributed by atoms with van der Waals surface area (Å²) in [6, 6.07) is 2.16. The highest BCUT2D eigenvalue weighted by atomic mass is 16.5. The number of carbonyl (C=O) groups is 1. The van der Waals surface area contributed by atoms with Gasteiger partial charge in [-0.15, -0.1) is 0 Å². The van der Waals surface area contributed by atoms with Gasteiger partial charge in [0.25, 0.3) is 0 Å². The molecule has 16 heavy (non-hydrogen) atoms. The molecule has 1 heterocycles. The summed E-state index contributed by atoms with van der Waals surface area (Å²) in [5.74, 6) is -0.166. The standard InChI is InChI=1S/C12H20N2O2/c1-3-10(8-13)12(15)14-9(2)11-4-6-16-7-5-11/h9-11H,3-7H2,1-2H3,(H,14,15). The maximum Gasteiger partial charge on any atom is 0.237 e. The van der Waals surface area contributed by atoms with Crippen molar-refractivity contribution in [3.8, 4) is 6.07 Å². The van der Waals surface area contributed by atoms with E-state index in [1.54, 1.807) is 0 Å². The molecule has 0 radical (unpaired) electrons. The van der Waals surface area contributed by atoms with E-state index in [1.165, 1.54) is 0 Å². The summed E-state index contributed by atoms with van der Waals surface area (Å²) in [4.78, 5) is 11.7. The second-order valence-electron chi connectivity index (χ2n) is 4.34. The van der Waals surface area contributed by atoms with Gasteiger partial charge in [-0.25, -0.2) is 0 Å². The Morgan fingerprint density at radius 1 is 1.56 bits per heavy atom. The smallest absolute Gasteiger partial charge is 0.237 e. The van der Waals surface area contributed by atoms with Crippen LogP contribution in [0.3, 0.4) is 0 Å². The van der Waals surface area contributed by atoms with Gasteiger partial charge >= 0.3 is 0 Å². The minimum Gasteiger partial charge on any atom is -0.381 e. The molecule has 1 saturated heterocycles. The molecule has 1 aliphatic heterocycles. The Morgan fingerprint density at radius 3 is 2.69 bits per heavy atom. The molecule has 0 spiro atoms. The molecular formula is C12H20N2O2. The maximum absolute atomic E-state index is 11.7. The Balaban J connectivity index is 2.40. The summed E-state index contributed by atoms with van der Waals surface area (Å²) >= 11 is 0. The molecule has 2 atom stereocenters. The predicted molar refractivity (Wildman–Crippen MR) is 60.5 cm³/mol. The molecule has 0 aromatic carbocycles. The van der Waals surface area contributed by atoms with E-state index in [4.69, 9.17) is 10.00 Å². The molecular weight excluding hydrogens is 204 g/mol. The van der Waals surface area contributed by atoms with Gasteiger partial charge in [0.1, 0.15) is 5.92 Å². The molecule has 0 aliphatic carbocycles. The molecule has 1 rings (SSSR count). The van der Waals surface area contributed by atoms with Crippen molar-refractivity contribution in [3.05, 3.63) is 0 Å². The van der Waals surface area contributed by atoms with E-state index >= 15 is 0 Å². The normalized spacial score (nSPS) is 20.8. The molecule has 1 N–H and O–H groups in total. The van der Waals surface area contributed by atoms with Crippen LogP contribution in [0.25, 0.3) is 0 Å². The molecule has 4 nitrogen and oxygen atoms in total. The van der Waals surface area contributed by atoms with Gasteiger partial charge in [0.2, 0.25) is 5.91 Å². The number of nitrogens with zero attached hydrogens (tertiary/aromatic N) is 1. The van der Waals surface area contributed by atoms with Crippen LogP contribution in [0.4, 0.5) is 0 Å². The van der Waals surface area contributed by atoms with E-state index in [0.717, 1.165) is 26.1 Å². The van der Waals surface area contributed by atoms with Crippen LogP contribution in [-0.4, -0.2) is 25.2 Å². The third-order valence-corrected chi connectivity index (χ3v) is 3.22. The number of hydrogen-bond acceptors (Lipinski definition) is 3. The SMILES string of the molecule is CCC(C#N)C(=O)NC(C)C1CCOCC1. The van der Waals surface area contributed by atoms with Gasteiger partial charge in [-0.05, 0) is 32.1 Å². The molecule has 0 aromatic heterocycles. The van der Waals surface area contributed by atoms with E-state index in [2.05, 4.69) is 5.32 Å². The first-order valence-electron chi connectivity index (χ1n) is 5.96. The Bertz CT molecular complexity index is 267. The molecule has 1 fully saturated rings. The maximum atomic E-state index is 11.7. The van der Waals surface area contributed by atoms with Gasteiger partial charge in [0, 0.05) is 19.3 Å². The van der Waals surface area contributed by atoms with Crippen molar-refractivity contribution in [1.29, 1.82) is 5.26 Å². The van der Waals surface area contributed by atoms with Crippen molar-refractivity contribution >= 4 is 5.91 Å². The topological polar surface area (TPSA) is 62.1 Å². The summed E-state index contributed by atoms with van der Waals surface area (Å²) in [7, 11) is 0. The lowest BCUT2D eigenvalue weighted by molar-refractivity contribution is -0.124. The van der Waals surface area contributed by atoms with Crippen LogP contribution in [0.2, 0.25) is 0 Å². The predicted octanol–water partition coefficient (Wildman–Crippen LogP) is 1.47. The summed E-state index contributed by atoms with van der Waals surface area (Å²) < 4.78 is 5.28. The highest BCUT2D eigenvalue weighted by molar-refractivity contribution is 5.81. The second kappa shape index (κ2) is 6.49. The number of amides is 1. The molecule has 0 aromatic rings. The lowest BCUT2D eigenvalue weighted by Gasteiger charge is -2.28. The molecule has 0 saturated carbocycles. The second-order valence-corrected chi connectivity index (χ2v) is 4.34. The fraction of sp³-hybridized carbons (Fsp3) is 0.833. The Hall–Kier alpha value is -1.08. The van der Waals surface area contributed by atoms with Crippen LogP contribution in [0.1, 0.15) is 33.1 Å². The lowest BCUT2D eigenvalue weighted by atomic mass is 9.92. The molecule has 1 aliphatic rings. The lowest BCUT2D eigenvalue weighted by Crippen LogP contribution is -2.42. The van der Waals surface area contributed by atoms with E-state index in [-0.39, 0.29) is 11.9 Å². The number of nitrogens with one attached hydrogen (secondary N) is 1. The average molecular weight is 224 g/mol. The number of nitriles is 1. The van der Waals surface area contributed by atoms with Gasteiger partial charge in [-0.2, -0.15) is 5.26 Å². The van der Waals surface area contributed by atoms with E-state index in [0.29, 0.717) is 12.3 Å². The summed E-state index contributed by atoms with van der Waals surface area (Å²) in [6.45, 7) is 5.42. The summed E-state index contributed by atoms with van der Waals surface area (Å²) in [6.07, 6.45) is 2.55. The molecule has 2 unspecified atom stereocenters. The molecule has 0 bridgehead atoms. The minimum absolute atomic E-state index is 0.135. The van der Waals surface area contributed by atoms with Crippen molar-refractivity contribution in [2.75, 3.05) is 13.2 Å². The number of carbonyl (C=O) groups excluding carboxylic acids is 1. The van der Waals surface area contributed by atoms with Gasteiger partial charge in [0.05, 0.1) is 6.07 Å². The third-order valence-electron chi connectivity index (χ3n) is 3.22. The first-order valence-corrected chi connectivity index (χ1v) is 5.96. The Labute approximate surface area is 97.0 Å². The van der Waals surface area contributed by atoms with Crippen molar-refractivity contribution < 1.29 is 9.53 Å². The van der Waals surface area contributed by atoms with E-state index in [1.807, 2.05) is 19.9 Å². The first-order chi connectivity index (χ1) is 7.69. The Morgan fingerprint density at radius 2 is 2.19 bits per heavy atom. The number of ether oxygens (including phenoxy) is 1. The van der Waals surface area contributed by atoms with E-state index < -0.39 is 5.92 Å². The first kappa shape index (κ1) is 13.0. The van der Waals surface area contributed by atoms with Crippen molar-refractivity contribution in [2.45, 2.75) is 39.2 Å². The van der Waals surface area contributed by atoms with E-state index in [9.17, 15) is 4.79 Å². The zero-order valence-corrected chi connectivity index (χ0v) is 10.0. The van der Waals surface area contributed by atoms with Crippen molar-refractivity contribution in [1.82, 2.24) is 5.32 Å². The average Bonchev–Trinajstić information content (AvgIpc) is 2.31. The number of hydrogen-bond donors (Lipinski definition) is 1. The van der Waals surface area contributed by atoms with Gasteiger partial charge in [0.15, 0.2) is 0 Å². The van der Waals surface area contributed by atoms with Crippen LogP contribution >= 0.6 is 0 Å². The summed E-state index contributed by atoms with van der Waals surface area (Å²) in [5, 5.41) is 11.7. The van der Waals surface area contributed by atoms with Crippen LogP contribution in [0, 0.1) is 23.2 Å². The van der Waals surface area contributed by atoms with Crippen LogP contribution in [0.5, 0.6) is 0 Å². The molecule has 4 heteroatoms. The summed E-state index contributed by atoms with van der Waals surface area (Å²) in [5.41, 5.74) is 0. The quantitative estimate of drug-likeness (QED) is 0.786. The van der Waals surface area contributed by atoms with Crippen LogP contribution in [0.15, 0.2) is 0 Å². The Kier molecular flexibility index (Phi) is 5.27. The van der Waals surface area contributed by atoms with Gasteiger partial charge < -0.3 is 10.1 Å². The highest BCUT2D eigenvalue weighted by Crippen LogP contribution is 2.18. The van der Waals surface area contributed by atoms with Crippen LogP contribution < -0.4 is 5.32 Å². The third kappa shape index (κ3) is 3.49. The van der Waals surface area contributed by atoms with Crippen molar-refractivity contribution in [2.24, 2.45) is 11.8 Å². The largest absolute Gasteiger partial charge is 0.381 e. The fourth-order valence-corrected chi connectivity index (χ4v) is 1.99. The fourth-order valence-electron chi connectivity index (χ4n) is 1.99. The monoisotopic (exact) mass is 224 g/mol. The molecule has 1 amide bonds. The molecule has 90 valence electrons. The van der Waals surface area contributed by atoms with Gasteiger partial charge in [-0.3, -0.25) is 4.79 Å². The van der Waals surface area contributed by atoms with Crippen LogP contribution in [-0.2, 0) is 9.53 Å². The van der Waals surface area contributed by atoms with Crippen molar-refractivity contribution in [3.63, 3.8) is 0 Å². The number of rotatable bonds is 4.